The molecule has 0 radical (unpaired) electrons. The van der Waals surface area contributed by atoms with Gasteiger partial charge in [0.25, 0.3) is 0 Å². The van der Waals surface area contributed by atoms with Crippen LogP contribution in [0.25, 0.3) is 0 Å². The Morgan fingerprint density at radius 1 is 1.24 bits per heavy atom. The van der Waals surface area contributed by atoms with E-state index >= 15 is 0 Å². The predicted molar refractivity (Wildman–Crippen MR) is 95.0 cm³/mol. The summed E-state index contributed by atoms with van der Waals surface area (Å²) in [5.41, 5.74) is 0.235. The minimum atomic E-state index is 0.0263. The van der Waals surface area contributed by atoms with Crippen LogP contribution in [0.1, 0.15) is 59.3 Å². The second kappa shape index (κ2) is 5.45. The Morgan fingerprint density at radius 3 is 2.88 bits per heavy atom. The van der Waals surface area contributed by atoms with Crippen LogP contribution < -0.4 is 0 Å². The van der Waals surface area contributed by atoms with Crippen molar-refractivity contribution in [3.8, 4) is 0 Å². The first-order valence-corrected chi connectivity index (χ1v) is 10.6. The average Bonchev–Trinajstić information content (AvgIpc) is 3.23. The molecule has 0 aromatic rings. The number of likely N-dealkylation sites (tertiary alicyclic amines) is 1. The van der Waals surface area contributed by atoms with E-state index in [9.17, 15) is 4.79 Å². The molecule has 2 saturated carbocycles. The van der Waals surface area contributed by atoms with Gasteiger partial charge in [-0.15, -0.1) is 0 Å². The molecule has 8 atom stereocenters. The molecule has 140 valence electrons. The van der Waals surface area contributed by atoms with Crippen LogP contribution in [0, 0.1) is 29.1 Å². The summed E-state index contributed by atoms with van der Waals surface area (Å²) in [7, 11) is 0. The van der Waals surface area contributed by atoms with Crippen molar-refractivity contribution in [2.24, 2.45) is 29.1 Å². The van der Waals surface area contributed by atoms with Gasteiger partial charge in [-0.3, -0.25) is 4.79 Å². The Bertz CT molecular complexity index is 579. The topological polar surface area (TPSA) is 42.1 Å². The maximum atomic E-state index is 12.7. The number of epoxide rings is 1. The zero-order valence-corrected chi connectivity index (χ0v) is 16.0. The first-order chi connectivity index (χ1) is 11.9. The lowest BCUT2D eigenvalue weighted by molar-refractivity contribution is -0.146. The van der Waals surface area contributed by atoms with Gasteiger partial charge >= 0.3 is 5.97 Å². The van der Waals surface area contributed by atoms with Gasteiger partial charge in [0, 0.05) is 24.4 Å². The van der Waals surface area contributed by atoms with E-state index in [4.69, 9.17) is 9.47 Å². The summed E-state index contributed by atoms with van der Waals surface area (Å²) in [5.74, 6) is 1.73. The summed E-state index contributed by atoms with van der Waals surface area (Å²) in [4.78, 5) is 15.3. The summed E-state index contributed by atoms with van der Waals surface area (Å²) in [6.45, 7) is 10.2. The van der Waals surface area contributed by atoms with Gasteiger partial charge in [0.1, 0.15) is 11.7 Å². The molecule has 5 rings (SSSR count). The molecular weight excluding hydrogens is 314 g/mol. The van der Waals surface area contributed by atoms with Crippen LogP contribution in [-0.4, -0.2) is 48.3 Å². The van der Waals surface area contributed by atoms with Gasteiger partial charge in [0.05, 0.1) is 12.0 Å². The number of hydrogen-bond acceptors (Lipinski definition) is 4. The number of carbonyl (C=O) groups is 1. The van der Waals surface area contributed by atoms with Crippen molar-refractivity contribution >= 4 is 5.97 Å². The van der Waals surface area contributed by atoms with Crippen LogP contribution in [0.2, 0.25) is 0 Å². The van der Waals surface area contributed by atoms with Gasteiger partial charge in [-0.2, -0.15) is 0 Å². The van der Waals surface area contributed by atoms with Crippen molar-refractivity contribution in [2.75, 3.05) is 19.6 Å². The molecule has 0 N–H and O–H groups in total. The van der Waals surface area contributed by atoms with Gasteiger partial charge in [-0.25, -0.2) is 0 Å². The van der Waals surface area contributed by atoms with Crippen molar-refractivity contribution < 1.29 is 14.3 Å². The average molecular weight is 347 g/mol. The SMILES string of the molecule is C[C@H]1CCCN(C[C@H]2C(=O)O[C@@H]3C[C@@]4(C)CCC[C@H](C)[C@@]45O[C@H]5[C@@H]32)C1. The van der Waals surface area contributed by atoms with Crippen molar-refractivity contribution in [3.63, 3.8) is 0 Å². The van der Waals surface area contributed by atoms with Crippen LogP contribution in [0.15, 0.2) is 0 Å². The Hall–Kier alpha value is -0.610. The van der Waals surface area contributed by atoms with Crippen molar-refractivity contribution in [3.05, 3.63) is 0 Å². The Labute approximate surface area is 151 Å². The van der Waals surface area contributed by atoms with Gasteiger partial charge in [-0.05, 0) is 50.5 Å². The van der Waals surface area contributed by atoms with E-state index in [0.29, 0.717) is 11.8 Å². The largest absolute Gasteiger partial charge is 0.462 e. The van der Waals surface area contributed by atoms with Crippen molar-refractivity contribution in [1.29, 1.82) is 0 Å². The molecule has 5 fully saturated rings. The number of esters is 1. The zero-order chi connectivity index (χ0) is 17.4. The number of ether oxygens (including phenoxy) is 2. The summed E-state index contributed by atoms with van der Waals surface area (Å²) < 4.78 is 12.5. The van der Waals surface area contributed by atoms with E-state index in [1.165, 1.54) is 32.1 Å². The van der Waals surface area contributed by atoms with Gasteiger partial charge < -0.3 is 14.4 Å². The highest BCUT2D eigenvalue weighted by Crippen LogP contribution is 2.70. The van der Waals surface area contributed by atoms with Gasteiger partial charge in [0.2, 0.25) is 0 Å². The fourth-order valence-corrected chi connectivity index (χ4v) is 7.17. The minimum absolute atomic E-state index is 0.0263. The predicted octanol–water partition coefficient (Wildman–Crippen LogP) is 3.24. The number of fused-ring (bicyclic) bond motifs is 2. The number of carbonyl (C=O) groups excluding carboxylic acids is 1. The molecule has 3 saturated heterocycles. The standard InChI is InChI=1S/C21H33NO3/c1-13-6-5-9-22(11-13)12-15-17-16(24-19(15)23)10-20(3)8-4-7-14(2)21(20)18(17)25-21/h13-18H,4-12H2,1-3H3/t13-,14-,15+,16+,17+,18-,20+,21-/m0/s1. The van der Waals surface area contributed by atoms with Crippen LogP contribution in [-0.2, 0) is 14.3 Å². The Balaban J connectivity index is 1.39. The fourth-order valence-electron chi connectivity index (χ4n) is 7.17. The molecule has 4 heteroatoms. The first-order valence-electron chi connectivity index (χ1n) is 10.6. The van der Waals surface area contributed by atoms with Crippen molar-refractivity contribution in [1.82, 2.24) is 4.90 Å². The van der Waals surface area contributed by atoms with E-state index < -0.39 is 0 Å². The lowest BCUT2D eigenvalue weighted by Gasteiger charge is -2.49. The Morgan fingerprint density at radius 2 is 2.08 bits per heavy atom. The zero-order valence-electron chi connectivity index (χ0n) is 16.0. The third-order valence-corrected chi connectivity index (χ3v) is 8.39. The third kappa shape index (κ3) is 2.22. The molecule has 0 bridgehead atoms. The lowest BCUT2D eigenvalue weighted by atomic mass is 9.53. The van der Waals surface area contributed by atoms with Crippen LogP contribution in [0.3, 0.4) is 0 Å². The first kappa shape index (κ1) is 16.6. The highest BCUT2D eigenvalue weighted by Gasteiger charge is 2.78. The second-order valence-electron chi connectivity index (χ2n) is 10.1. The smallest absolute Gasteiger partial charge is 0.311 e. The maximum Gasteiger partial charge on any atom is 0.311 e. The number of piperidine rings is 1. The molecule has 4 nitrogen and oxygen atoms in total. The number of hydrogen-bond donors (Lipinski definition) is 0. The van der Waals surface area contributed by atoms with E-state index in [1.54, 1.807) is 0 Å². The van der Waals surface area contributed by atoms with E-state index in [1.807, 2.05) is 0 Å². The Kier molecular flexibility index (Phi) is 3.61. The summed E-state index contributed by atoms with van der Waals surface area (Å²) >= 11 is 0. The molecule has 0 unspecified atom stereocenters. The van der Waals surface area contributed by atoms with Crippen LogP contribution in [0.5, 0.6) is 0 Å². The van der Waals surface area contributed by atoms with Gasteiger partial charge in [0.15, 0.2) is 0 Å². The van der Waals surface area contributed by atoms with E-state index in [0.717, 1.165) is 32.0 Å². The number of rotatable bonds is 2. The normalized spacial score (nSPS) is 55.1. The molecule has 0 amide bonds. The van der Waals surface area contributed by atoms with Gasteiger partial charge in [-0.1, -0.05) is 27.2 Å². The van der Waals surface area contributed by atoms with Crippen molar-refractivity contribution in [2.45, 2.75) is 77.1 Å². The highest BCUT2D eigenvalue weighted by molar-refractivity contribution is 5.76. The van der Waals surface area contributed by atoms with E-state index in [-0.39, 0.29) is 35.1 Å². The molecule has 25 heavy (non-hydrogen) atoms. The monoisotopic (exact) mass is 347 g/mol. The van der Waals surface area contributed by atoms with Crippen LogP contribution >= 0.6 is 0 Å². The molecule has 1 spiro atoms. The molecule has 2 aliphatic carbocycles. The molecule has 0 aromatic carbocycles. The van der Waals surface area contributed by atoms with E-state index in [2.05, 4.69) is 25.7 Å². The third-order valence-electron chi connectivity index (χ3n) is 8.39. The second-order valence-corrected chi connectivity index (χ2v) is 10.1. The molecular formula is C21H33NO3. The number of nitrogens with zero attached hydrogens (tertiary/aromatic N) is 1. The lowest BCUT2D eigenvalue weighted by Crippen LogP contribution is -2.54. The van der Waals surface area contributed by atoms with Crippen LogP contribution in [0.4, 0.5) is 0 Å². The molecule has 5 aliphatic rings. The maximum absolute atomic E-state index is 12.7. The summed E-state index contributed by atoms with van der Waals surface area (Å²) in [5, 5.41) is 0. The fraction of sp³-hybridized carbons (Fsp3) is 0.952. The highest BCUT2D eigenvalue weighted by atomic mass is 16.6. The quantitative estimate of drug-likeness (QED) is 0.568. The molecule has 3 heterocycles. The molecule has 0 aromatic heterocycles. The summed E-state index contributed by atoms with van der Waals surface area (Å²) in [6.07, 6.45) is 7.72. The molecule has 3 aliphatic heterocycles. The minimum Gasteiger partial charge on any atom is -0.462 e. The summed E-state index contributed by atoms with van der Waals surface area (Å²) in [6, 6.07) is 0.